The van der Waals surface area contributed by atoms with Crippen LogP contribution in [-0.4, -0.2) is 18.4 Å². The molecular weight excluding hydrogens is 198 g/mol. The maximum Gasteiger partial charge on any atom is 0.199 e. The Morgan fingerprint density at radius 1 is 1.36 bits per heavy atom. The molecule has 0 saturated carbocycles. The number of rotatable bonds is 2. The number of hydrogen-bond acceptors (Lipinski definition) is 2. The highest BCUT2D eigenvalue weighted by Crippen LogP contribution is 2.24. The number of ether oxygens (including phenoxy) is 1. The van der Waals surface area contributed by atoms with Crippen LogP contribution in [0.25, 0.3) is 0 Å². The van der Waals surface area contributed by atoms with E-state index in [2.05, 4.69) is 17.1 Å². The molecule has 0 bridgehead atoms. The molecule has 0 radical (unpaired) electrons. The van der Waals surface area contributed by atoms with E-state index in [4.69, 9.17) is 16.3 Å². The molecule has 1 heterocycles. The first kappa shape index (κ1) is 9.53. The molecule has 14 heavy (non-hydrogen) atoms. The summed E-state index contributed by atoms with van der Waals surface area (Å²) in [4.78, 5) is 4.43. The largest absolute Gasteiger partial charge is 0.480 e. The Morgan fingerprint density at radius 3 is 2.86 bits per heavy atom. The average molecular weight is 210 g/mol. The van der Waals surface area contributed by atoms with Crippen molar-refractivity contribution >= 4 is 17.5 Å². The Morgan fingerprint density at radius 2 is 2.14 bits per heavy atom. The van der Waals surface area contributed by atoms with Gasteiger partial charge in [-0.05, 0) is 5.56 Å². The average Bonchev–Trinajstić information content (AvgIpc) is 2.30. The van der Waals surface area contributed by atoms with Crippen LogP contribution in [0.1, 0.15) is 18.0 Å². The Kier molecular flexibility index (Phi) is 3.04. The van der Waals surface area contributed by atoms with E-state index in [9.17, 15) is 0 Å². The van der Waals surface area contributed by atoms with Gasteiger partial charge in [0.05, 0.1) is 18.5 Å². The van der Waals surface area contributed by atoms with Gasteiger partial charge in [0.25, 0.3) is 0 Å². The predicted molar refractivity (Wildman–Crippen MR) is 57.9 cm³/mol. The molecule has 2 nitrogen and oxygen atoms in total. The Labute approximate surface area is 88.6 Å². The van der Waals surface area contributed by atoms with E-state index in [-0.39, 0.29) is 6.04 Å². The van der Waals surface area contributed by atoms with Crippen molar-refractivity contribution < 1.29 is 4.74 Å². The molecule has 2 rings (SSSR count). The zero-order valence-corrected chi connectivity index (χ0v) is 8.57. The van der Waals surface area contributed by atoms with E-state index >= 15 is 0 Å². The van der Waals surface area contributed by atoms with Crippen LogP contribution in [-0.2, 0) is 4.74 Å². The summed E-state index contributed by atoms with van der Waals surface area (Å²) in [6, 6.07) is 10.5. The molecule has 0 aromatic heterocycles. The lowest BCUT2D eigenvalue weighted by atomic mass is 10.0. The van der Waals surface area contributed by atoms with Crippen LogP contribution in [0.15, 0.2) is 35.3 Å². The van der Waals surface area contributed by atoms with Crippen molar-refractivity contribution in [1.82, 2.24) is 0 Å². The van der Waals surface area contributed by atoms with Crippen molar-refractivity contribution in [3.8, 4) is 0 Å². The molecule has 1 aliphatic heterocycles. The summed E-state index contributed by atoms with van der Waals surface area (Å²) in [6.07, 6.45) is 0.935. The molecule has 74 valence electrons. The molecule has 1 unspecified atom stereocenters. The molecule has 0 aliphatic carbocycles. The van der Waals surface area contributed by atoms with Gasteiger partial charge in [-0.15, -0.1) is 11.6 Å². The summed E-state index contributed by atoms with van der Waals surface area (Å²) in [5.74, 6) is 1.02. The molecule has 1 aliphatic rings. The quantitative estimate of drug-likeness (QED) is 0.687. The minimum atomic E-state index is 0.221. The number of hydrogen-bond donors (Lipinski definition) is 0. The summed E-state index contributed by atoms with van der Waals surface area (Å²) in [5.41, 5.74) is 1.23. The van der Waals surface area contributed by atoms with Gasteiger partial charge in [0, 0.05) is 6.42 Å². The highest BCUT2D eigenvalue weighted by Gasteiger charge is 2.16. The summed E-state index contributed by atoms with van der Waals surface area (Å²) < 4.78 is 5.30. The smallest absolute Gasteiger partial charge is 0.199 e. The van der Waals surface area contributed by atoms with Crippen molar-refractivity contribution in [2.75, 3.05) is 12.5 Å². The van der Waals surface area contributed by atoms with Crippen molar-refractivity contribution in [1.29, 1.82) is 0 Å². The molecule has 1 aromatic rings. The van der Waals surface area contributed by atoms with E-state index in [1.54, 1.807) is 0 Å². The van der Waals surface area contributed by atoms with Crippen LogP contribution in [0.4, 0.5) is 0 Å². The maximum absolute atomic E-state index is 5.68. The molecule has 1 aromatic carbocycles. The zero-order chi connectivity index (χ0) is 9.80. The van der Waals surface area contributed by atoms with Gasteiger partial charge in [0.15, 0.2) is 5.90 Å². The Balaban J connectivity index is 2.19. The van der Waals surface area contributed by atoms with Crippen molar-refractivity contribution in [3.63, 3.8) is 0 Å². The highest BCUT2D eigenvalue weighted by molar-refractivity contribution is 6.27. The zero-order valence-electron chi connectivity index (χ0n) is 7.82. The number of halogens is 1. The van der Waals surface area contributed by atoms with E-state index in [0.29, 0.717) is 18.4 Å². The minimum absolute atomic E-state index is 0.221. The van der Waals surface area contributed by atoms with Gasteiger partial charge in [-0.1, -0.05) is 30.3 Å². The summed E-state index contributed by atoms with van der Waals surface area (Å²) in [5, 5.41) is 0. The Hall–Kier alpha value is -1.02. The van der Waals surface area contributed by atoms with Crippen LogP contribution >= 0.6 is 11.6 Å². The lowest BCUT2D eigenvalue weighted by Gasteiger charge is -2.20. The first-order valence-corrected chi connectivity index (χ1v) is 5.24. The first-order valence-electron chi connectivity index (χ1n) is 4.70. The topological polar surface area (TPSA) is 21.6 Å². The van der Waals surface area contributed by atoms with E-state index in [1.807, 2.05) is 18.2 Å². The molecule has 0 fully saturated rings. The van der Waals surface area contributed by atoms with E-state index < -0.39 is 0 Å². The van der Waals surface area contributed by atoms with Gasteiger partial charge < -0.3 is 4.74 Å². The fraction of sp³-hybridized carbons (Fsp3) is 0.364. The molecule has 0 saturated heterocycles. The Bertz CT molecular complexity index is 323. The number of aliphatic imine (C=N–C) groups is 1. The molecule has 0 amide bonds. The molecule has 3 heteroatoms. The number of nitrogens with zero attached hydrogens (tertiary/aromatic N) is 1. The lowest BCUT2D eigenvalue weighted by Crippen LogP contribution is -2.17. The van der Waals surface area contributed by atoms with Crippen molar-refractivity contribution in [2.24, 2.45) is 4.99 Å². The summed E-state index contributed by atoms with van der Waals surface area (Å²) in [7, 11) is 0. The third-order valence-electron chi connectivity index (χ3n) is 2.26. The second-order valence-corrected chi connectivity index (χ2v) is 3.49. The van der Waals surface area contributed by atoms with Gasteiger partial charge in [-0.25, -0.2) is 4.99 Å². The lowest BCUT2D eigenvalue weighted by molar-refractivity contribution is 0.259. The maximum atomic E-state index is 5.68. The van der Waals surface area contributed by atoms with Crippen LogP contribution in [0, 0.1) is 0 Å². The van der Waals surface area contributed by atoms with Crippen LogP contribution in [0.2, 0.25) is 0 Å². The number of benzene rings is 1. The van der Waals surface area contributed by atoms with Gasteiger partial charge in [0.1, 0.15) is 0 Å². The normalized spacial score (nSPS) is 21.2. The van der Waals surface area contributed by atoms with Gasteiger partial charge in [-0.3, -0.25) is 0 Å². The second kappa shape index (κ2) is 4.47. The van der Waals surface area contributed by atoms with E-state index in [0.717, 1.165) is 6.42 Å². The van der Waals surface area contributed by atoms with Crippen molar-refractivity contribution in [2.45, 2.75) is 12.5 Å². The van der Waals surface area contributed by atoms with Gasteiger partial charge in [0.2, 0.25) is 0 Å². The molecule has 1 atom stereocenters. The monoisotopic (exact) mass is 209 g/mol. The molecule has 0 spiro atoms. The van der Waals surface area contributed by atoms with Crippen molar-refractivity contribution in [3.05, 3.63) is 35.9 Å². The van der Waals surface area contributed by atoms with E-state index in [1.165, 1.54) is 5.56 Å². The standard InChI is InChI=1S/C11H12ClNO/c12-8-11-13-10(6-7-14-11)9-4-2-1-3-5-9/h1-5,10H,6-8H2. The molecular formula is C11H12ClNO. The fourth-order valence-corrected chi connectivity index (χ4v) is 1.70. The van der Waals surface area contributed by atoms with Crippen LogP contribution < -0.4 is 0 Å². The van der Waals surface area contributed by atoms with Gasteiger partial charge >= 0.3 is 0 Å². The number of alkyl halides is 1. The third kappa shape index (κ3) is 2.07. The summed E-state index contributed by atoms with van der Waals surface area (Å²) in [6.45, 7) is 0.713. The highest BCUT2D eigenvalue weighted by atomic mass is 35.5. The first-order chi connectivity index (χ1) is 6.90. The SMILES string of the molecule is ClCC1=NC(c2ccccc2)CCO1. The van der Waals surface area contributed by atoms with Gasteiger partial charge in [-0.2, -0.15) is 0 Å². The third-order valence-corrected chi connectivity index (χ3v) is 2.49. The molecule has 0 N–H and O–H groups in total. The summed E-state index contributed by atoms with van der Waals surface area (Å²) >= 11 is 5.68. The minimum Gasteiger partial charge on any atom is -0.480 e. The second-order valence-electron chi connectivity index (χ2n) is 3.22. The van der Waals surface area contributed by atoms with Crippen LogP contribution in [0.5, 0.6) is 0 Å². The van der Waals surface area contributed by atoms with Crippen LogP contribution in [0.3, 0.4) is 0 Å². The fourth-order valence-electron chi connectivity index (χ4n) is 1.55. The predicted octanol–water partition coefficient (Wildman–Crippen LogP) is 2.79.